The molecule has 9 heteroatoms. The number of nitrogens with zero attached hydrogens (tertiary/aromatic N) is 3. The smallest absolute Gasteiger partial charge is 0.234 e. The quantitative estimate of drug-likeness (QED) is 0.500. The van der Waals surface area contributed by atoms with E-state index in [0.717, 1.165) is 17.9 Å². The van der Waals surface area contributed by atoms with Gasteiger partial charge in [0, 0.05) is 27.4 Å². The fourth-order valence-corrected chi connectivity index (χ4v) is 4.53. The molecule has 1 amide bonds. The Bertz CT molecular complexity index is 984. The Balaban J connectivity index is 1.72. The summed E-state index contributed by atoms with van der Waals surface area (Å²) < 4.78 is 2.03. The summed E-state index contributed by atoms with van der Waals surface area (Å²) >= 11 is 15.1. The minimum atomic E-state index is -0.182. The minimum Gasteiger partial charge on any atom is -0.324 e. The number of rotatable bonds is 6. The van der Waals surface area contributed by atoms with Crippen LogP contribution in [0.5, 0.6) is 0 Å². The van der Waals surface area contributed by atoms with E-state index in [1.165, 1.54) is 22.2 Å². The Morgan fingerprint density at radius 1 is 1.30 bits per heavy atom. The normalized spacial score (nSPS) is 11.0. The van der Waals surface area contributed by atoms with Crippen LogP contribution < -0.4 is 5.32 Å². The summed E-state index contributed by atoms with van der Waals surface area (Å²) in [6, 6.07) is 4.95. The van der Waals surface area contributed by atoms with Crippen molar-refractivity contribution in [3.05, 3.63) is 44.1 Å². The van der Waals surface area contributed by atoms with Gasteiger partial charge in [0.05, 0.1) is 16.5 Å². The zero-order valence-electron chi connectivity index (χ0n) is 15.0. The van der Waals surface area contributed by atoms with Gasteiger partial charge in [-0.3, -0.25) is 4.79 Å². The van der Waals surface area contributed by atoms with Crippen LogP contribution in [0.25, 0.3) is 11.4 Å². The predicted octanol–water partition coefficient (Wildman–Crippen LogP) is 5.68. The Morgan fingerprint density at radius 2 is 2.07 bits per heavy atom. The SMILES string of the molecule is CCn1c(SCC(=O)Nc2cc(Cl)ccc2Cl)nnc1-c1csc(C)c1C. The second kappa shape index (κ2) is 8.65. The van der Waals surface area contributed by atoms with Crippen molar-refractivity contribution in [2.24, 2.45) is 0 Å². The third-order valence-corrected chi connectivity index (χ3v) is 6.64. The molecule has 0 aliphatic heterocycles. The fourth-order valence-electron chi connectivity index (χ4n) is 2.52. The molecule has 3 aromatic rings. The Hall–Kier alpha value is -1.54. The van der Waals surface area contributed by atoms with E-state index in [4.69, 9.17) is 23.2 Å². The van der Waals surface area contributed by atoms with Gasteiger partial charge in [0.25, 0.3) is 0 Å². The second-order valence-corrected chi connectivity index (χ2v) is 8.71. The topological polar surface area (TPSA) is 59.8 Å². The average molecular weight is 441 g/mol. The Labute approximate surface area is 176 Å². The van der Waals surface area contributed by atoms with Crippen LogP contribution in [0.15, 0.2) is 28.7 Å². The molecule has 0 saturated heterocycles. The van der Waals surface area contributed by atoms with Gasteiger partial charge in [0.1, 0.15) is 0 Å². The standard InChI is InChI=1S/C18H18Cl2N4OS2/c1-4-24-17(13-8-26-11(3)10(13)2)22-23-18(24)27-9-16(25)21-15-7-12(19)5-6-14(15)20/h5-8H,4,9H2,1-3H3,(H,21,25). The molecule has 0 bridgehead atoms. The van der Waals surface area contributed by atoms with Crippen molar-refractivity contribution in [2.75, 3.05) is 11.1 Å². The Kier molecular flexibility index (Phi) is 6.47. The van der Waals surface area contributed by atoms with Crippen molar-refractivity contribution in [2.45, 2.75) is 32.5 Å². The number of nitrogens with one attached hydrogen (secondary N) is 1. The highest BCUT2D eigenvalue weighted by Crippen LogP contribution is 2.31. The van der Waals surface area contributed by atoms with Gasteiger partial charge in [-0.15, -0.1) is 21.5 Å². The predicted molar refractivity (Wildman–Crippen MR) is 114 cm³/mol. The van der Waals surface area contributed by atoms with Crippen molar-refractivity contribution in [3.63, 3.8) is 0 Å². The molecule has 0 spiro atoms. The maximum atomic E-state index is 12.3. The molecule has 0 unspecified atom stereocenters. The first-order chi connectivity index (χ1) is 12.9. The van der Waals surface area contributed by atoms with Crippen molar-refractivity contribution in [3.8, 4) is 11.4 Å². The second-order valence-electron chi connectivity index (χ2n) is 5.84. The monoisotopic (exact) mass is 440 g/mol. The number of thiophene rings is 1. The summed E-state index contributed by atoms with van der Waals surface area (Å²) in [6.07, 6.45) is 0. The number of hydrogen-bond acceptors (Lipinski definition) is 5. The molecule has 3 rings (SSSR count). The highest BCUT2D eigenvalue weighted by atomic mass is 35.5. The maximum absolute atomic E-state index is 12.3. The molecular weight excluding hydrogens is 423 g/mol. The molecule has 2 heterocycles. The molecule has 27 heavy (non-hydrogen) atoms. The number of benzene rings is 1. The zero-order chi connectivity index (χ0) is 19.6. The molecule has 0 radical (unpaired) electrons. The summed E-state index contributed by atoms with van der Waals surface area (Å²) in [5.74, 6) is 0.849. The molecule has 0 fully saturated rings. The summed E-state index contributed by atoms with van der Waals surface area (Å²) in [4.78, 5) is 13.6. The van der Waals surface area contributed by atoms with Crippen molar-refractivity contribution >= 4 is 57.9 Å². The zero-order valence-corrected chi connectivity index (χ0v) is 18.2. The minimum absolute atomic E-state index is 0.182. The van der Waals surface area contributed by atoms with Crippen LogP contribution in [0.4, 0.5) is 5.69 Å². The summed E-state index contributed by atoms with van der Waals surface area (Å²) in [6.45, 7) is 6.94. The van der Waals surface area contributed by atoms with Gasteiger partial charge in [-0.1, -0.05) is 35.0 Å². The van der Waals surface area contributed by atoms with Crippen LogP contribution in [0.3, 0.4) is 0 Å². The largest absolute Gasteiger partial charge is 0.324 e. The average Bonchev–Trinajstić information content (AvgIpc) is 3.19. The van der Waals surface area contributed by atoms with Crippen LogP contribution >= 0.6 is 46.3 Å². The number of halogens is 2. The Morgan fingerprint density at radius 3 is 2.74 bits per heavy atom. The first-order valence-corrected chi connectivity index (χ1v) is 10.9. The maximum Gasteiger partial charge on any atom is 0.234 e. The number of thioether (sulfide) groups is 1. The van der Waals surface area contributed by atoms with Gasteiger partial charge in [-0.25, -0.2) is 0 Å². The van der Waals surface area contributed by atoms with Gasteiger partial charge >= 0.3 is 0 Å². The van der Waals surface area contributed by atoms with Crippen molar-refractivity contribution in [1.82, 2.24) is 14.8 Å². The number of carbonyl (C=O) groups excluding carboxylic acids is 1. The molecule has 1 aromatic carbocycles. The summed E-state index contributed by atoms with van der Waals surface area (Å²) in [5.41, 5.74) is 2.80. The number of anilines is 1. The molecule has 0 aliphatic carbocycles. The van der Waals surface area contributed by atoms with Crippen LogP contribution in [0, 0.1) is 13.8 Å². The van der Waals surface area contributed by atoms with E-state index in [0.29, 0.717) is 20.9 Å². The van der Waals surface area contributed by atoms with Gasteiger partial charge in [-0.05, 0) is 44.5 Å². The third kappa shape index (κ3) is 4.48. The van der Waals surface area contributed by atoms with Gasteiger partial charge in [0.2, 0.25) is 5.91 Å². The van der Waals surface area contributed by atoms with Crippen LogP contribution in [0.1, 0.15) is 17.4 Å². The van der Waals surface area contributed by atoms with Crippen LogP contribution in [-0.4, -0.2) is 26.4 Å². The first-order valence-electron chi connectivity index (χ1n) is 8.26. The molecule has 0 atom stereocenters. The molecule has 0 aliphatic rings. The molecular formula is C18H18Cl2N4OS2. The lowest BCUT2D eigenvalue weighted by Crippen LogP contribution is -2.15. The van der Waals surface area contributed by atoms with Crippen molar-refractivity contribution < 1.29 is 4.79 Å². The van der Waals surface area contributed by atoms with E-state index < -0.39 is 0 Å². The first kappa shape index (κ1) is 20.2. The highest BCUT2D eigenvalue weighted by molar-refractivity contribution is 7.99. The van der Waals surface area contributed by atoms with E-state index in [1.54, 1.807) is 29.5 Å². The summed E-state index contributed by atoms with van der Waals surface area (Å²) in [5, 5.41) is 15.2. The molecule has 5 nitrogen and oxygen atoms in total. The molecule has 1 N–H and O–H groups in total. The van der Waals surface area contributed by atoms with E-state index in [-0.39, 0.29) is 11.7 Å². The van der Waals surface area contributed by atoms with Gasteiger partial charge in [0.15, 0.2) is 11.0 Å². The number of hydrogen-bond donors (Lipinski definition) is 1. The molecule has 2 aromatic heterocycles. The van der Waals surface area contributed by atoms with Crippen LogP contribution in [0.2, 0.25) is 10.0 Å². The molecule has 142 valence electrons. The lowest BCUT2D eigenvalue weighted by Gasteiger charge is -2.09. The van der Waals surface area contributed by atoms with E-state index in [2.05, 4.69) is 34.7 Å². The third-order valence-electron chi connectivity index (χ3n) is 4.09. The van der Waals surface area contributed by atoms with Gasteiger partial charge < -0.3 is 9.88 Å². The highest BCUT2D eigenvalue weighted by Gasteiger charge is 2.18. The van der Waals surface area contributed by atoms with Gasteiger partial charge in [-0.2, -0.15) is 0 Å². The van der Waals surface area contributed by atoms with E-state index in [1.807, 2.05) is 11.5 Å². The lowest BCUT2D eigenvalue weighted by molar-refractivity contribution is -0.113. The number of aromatic nitrogens is 3. The lowest BCUT2D eigenvalue weighted by atomic mass is 10.1. The van der Waals surface area contributed by atoms with Crippen molar-refractivity contribution in [1.29, 1.82) is 0 Å². The fraction of sp³-hybridized carbons (Fsp3) is 0.278. The number of amides is 1. The van der Waals surface area contributed by atoms with E-state index in [9.17, 15) is 4.79 Å². The van der Waals surface area contributed by atoms with E-state index >= 15 is 0 Å². The number of aryl methyl sites for hydroxylation is 1. The molecule has 0 saturated carbocycles. The summed E-state index contributed by atoms with van der Waals surface area (Å²) in [7, 11) is 0. The number of carbonyl (C=O) groups is 1. The van der Waals surface area contributed by atoms with Crippen LogP contribution in [-0.2, 0) is 11.3 Å².